The highest BCUT2D eigenvalue weighted by Gasteiger charge is 2.18. The zero-order chi connectivity index (χ0) is 12.5. The fourth-order valence-electron chi connectivity index (χ4n) is 2.16. The van der Waals surface area contributed by atoms with Crippen molar-refractivity contribution in [1.29, 1.82) is 0 Å². The third kappa shape index (κ3) is 5.33. The van der Waals surface area contributed by atoms with Crippen molar-refractivity contribution in [2.45, 2.75) is 38.6 Å². The van der Waals surface area contributed by atoms with Crippen molar-refractivity contribution in [3.63, 3.8) is 0 Å². The quantitative estimate of drug-likeness (QED) is 0.583. The lowest BCUT2D eigenvalue weighted by Crippen LogP contribution is -2.37. The molecule has 0 aromatic heterocycles. The van der Waals surface area contributed by atoms with Crippen molar-refractivity contribution in [3.05, 3.63) is 12.2 Å². The molecule has 0 aromatic rings. The summed E-state index contributed by atoms with van der Waals surface area (Å²) in [6.45, 7) is 4.12. The van der Waals surface area contributed by atoms with E-state index >= 15 is 0 Å². The number of rotatable bonds is 5. The number of aliphatic hydroxyl groups excluding tert-OH is 1. The highest BCUT2D eigenvalue weighted by Crippen LogP contribution is 2.16. The number of hydrogen-bond acceptors (Lipinski definition) is 4. The van der Waals surface area contributed by atoms with E-state index < -0.39 is 0 Å². The van der Waals surface area contributed by atoms with E-state index in [0.717, 1.165) is 13.0 Å². The Morgan fingerprint density at radius 3 is 3.00 bits per heavy atom. The van der Waals surface area contributed by atoms with Crippen molar-refractivity contribution in [1.82, 2.24) is 4.90 Å². The fraction of sp³-hybridized carbons (Fsp3) is 0.769. The van der Waals surface area contributed by atoms with E-state index in [0.29, 0.717) is 13.2 Å². The van der Waals surface area contributed by atoms with Crippen molar-refractivity contribution in [3.8, 4) is 0 Å². The molecule has 1 aliphatic rings. The van der Waals surface area contributed by atoms with E-state index in [-0.39, 0.29) is 18.6 Å². The molecule has 0 aliphatic carbocycles. The smallest absolute Gasteiger partial charge is 0.330 e. The van der Waals surface area contributed by atoms with Gasteiger partial charge in [-0.25, -0.2) is 4.79 Å². The lowest BCUT2D eigenvalue weighted by Gasteiger charge is -2.26. The molecular weight excluding hydrogens is 218 g/mol. The Bertz CT molecular complexity index is 253. The third-order valence-electron chi connectivity index (χ3n) is 3.09. The maximum atomic E-state index is 11.1. The molecule has 1 heterocycles. The maximum Gasteiger partial charge on any atom is 0.330 e. The van der Waals surface area contributed by atoms with Crippen LogP contribution in [0.2, 0.25) is 0 Å². The number of hydrogen-bond donors (Lipinski definition) is 1. The van der Waals surface area contributed by atoms with Crippen molar-refractivity contribution < 1.29 is 14.6 Å². The summed E-state index contributed by atoms with van der Waals surface area (Å²) in [5.74, 6) is -0.289. The number of likely N-dealkylation sites (tertiary alicyclic amines) is 1. The molecule has 0 aromatic carbocycles. The molecule has 1 saturated heterocycles. The summed E-state index contributed by atoms with van der Waals surface area (Å²) in [6.07, 6.45) is 7.93. The Kier molecular flexibility index (Phi) is 6.89. The molecule has 0 radical (unpaired) electrons. The second-order valence-corrected chi connectivity index (χ2v) is 4.34. The molecule has 98 valence electrons. The first-order valence-electron chi connectivity index (χ1n) is 6.46. The van der Waals surface area contributed by atoms with Crippen LogP contribution in [0.15, 0.2) is 12.2 Å². The van der Waals surface area contributed by atoms with E-state index in [1.807, 2.05) is 6.08 Å². The van der Waals surface area contributed by atoms with Gasteiger partial charge in [0.05, 0.1) is 13.2 Å². The maximum absolute atomic E-state index is 11.1. The zero-order valence-electron chi connectivity index (χ0n) is 10.6. The van der Waals surface area contributed by atoms with Gasteiger partial charge in [0, 0.05) is 18.7 Å². The van der Waals surface area contributed by atoms with Crippen LogP contribution in [-0.4, -0.2) is 48.3 Å². The summed E-state index contributed by atoms with van der Waals surface area (Å²) < 4.78 is 4.82. The Balaban J connectivity index is 2.39. The van der Waals surface area contributed by atoms with Crippen LogP contribution in [0.1, 0.15) is 32.6 Å². The molecule has 1 atom stereocenters. The number of carbonyl (C=O) groups excluding carboxylic acids is 1. The monoisotopic (exact) mass is 241 g/mol. The molecule has 0 spiro atoms. The summed E-state index contributed by atoms with van der Waals surface area (Å²) in [7, 11) is 0. The summed E-state index contributed by atoms with van der Waals surface area (Å²) in [5.41, 5.74) is 0. The second-order valence-electron chi connectivity index (χ2n) is 4.34. The fourth-order valence-corrected chi connectivity index (χ4v) is 2.16. The predicted octanol–water partition coefficient (Wildman–Crippen LogP) is 1.34. The normalized spacial score (nSPS) is 22.6. The molecule has 1 aliphatic heterocycles. The Morgan fingerprint density at radius 1 is 1.47 bits per heavy atom. The van der Waals surface area contributed by atoms with Gasteiger partial charge >= 0.3 is 5.97 Å². The molecule has 17 heavy (non-hydrogen) atoms. The molecule has 1 fully saturated rings. The number of ether oxygens (including phenoxy) is 1. The Hall–Kier alpha value is -0.870. The second kappa shape index (κ2) is 8.25. The molecule has 4 heteroatoms. The van der Waals surface area contributed by atoms with Crippen LogP contribution in [0.25, 0.3) is 0 Å². The summed E-state index contributed by atoms with van der Waals surface area (Å²) in [6, 6.07) is 0.240. The molecule has 0 amide bonds. The summed E-state index contributed by atoms with van der Waals surface area (Å²) in [4.78, 5) is 13.4. The van der Waals surface area contributed by atoms with Gasteiger partial charge < -0.3 is 9.84 Å². The topological polar surface area (TPSA) is 49.8 Å². The molecule has 0 saturated carbocycles. The molecule has 1 N–H and O–H groups in total. The number of esters is 1. The molecule has 4 nitrogen and oxygen atoms in total. The number of carbonyl (C=O) groups is 1. The molecule has 1 rings (SSSR count). The van der Waals surface area contributed by atoms with Crippen LogP contribution in [0, 0.1) is 0 Å². The van der Waals surface area contributed by atoms with Gasteiger partial charge in [0.25, 0.3) is 0 Å². The minimum atomic E-state index is -0.289. The molecule has 0 bridgehead atoms. The van der Waals surface area contributed by atoms with Crippen molar-refractivity contribution >= 4 is 5.97 Å². The van der Waals surface area contributed by atoms with E-state index in [1.54, 1.807) is 6.92 Å². The minimum absolute atomic E-state index is 0.202. The SMILES string of the molecule is CCOC(=O)/C=C/CN1CCCCCC1CO. The average Bonchev–Trinajstić information content (AvgIpc) is 2.54. The minimum Gasteiger partial charge on any atom is -0.463 e. The van der Waals surface area contributed by atoms with Crippen molar-refractivity contribution in [2.24, 2.45) is 0 Å². The van der Waals surface area contributed by atoms with Gasteiger partial charge in [0.15, 0.2) is 0 Å². The lowest BCUT2D eigenvalue weighted by atomic mass is 10.1. The molecular formula is C13H23NO3. The van der Waals surface area contributed by atoms with Crippen LogP contribution in [-0.2, 0) is 9.53 Å². The van der Waals surface area contributed by atoms with Crippen molar-refractivity contribution in [2.75, 3.05) is 26.3 Å². The highest BCUT2D eigenvalue weighted by atomic mass is 16.5. The third-order valence-corrected chi connectivity index (χ3v) is 3.09. The first-order valence-corrected chi connectivity index (χ1v) is 6.46. The van der Waals surface area contributed by atoms with Gasteiger partial charge in [-0.15, -0.1) is 0 Å². The van der Waals surface area contributed by atoms with Crippen LogP contribution >= 0.6 is 0 Å². The van der Waals surface area contributed by atoms with E-state index in [2.05, 4.69) is 4.90 Å². The summed E-state index contributed by atoms with van der Waals surface area (Å²) in [5, 5.41) is 9.32. The van der Waals surface area contributed by atoms with Gasteiger partial charge in [-0.2, -0.15) is 0 Å². The Labute approximate surface area is 103 Å². The average molecular weight is 241 g/mol. The first kappa shape index (κ1) is 14.2. The molecule has 1 unspecified atom stereocenters. The highest BCUT2D eigenvalue weighted by molar-refractivity contribution is 5.81. The van der Waals surface area contributed by atoms with Gasteiger partial charge in [-0.1, -0.05) is 18.9 Å². The zero-order valence-corrected chi connectivity index (χ0v) is 10.6. The predicted molar refractivity (Wildman–Crippen MR) is 66.7 cm³/mol. The van der Waals surface area contributed by atoms with Crippen LogP contribution in [0.5, 0.6) is 0 Å². The lowest BCUT2D eigenvalue weighted by molar-refractivity contribution is -0.137. The van der Waals surface area contributed by atoms with Gasteiger partial charge in [-0.3, -0.25) is 4.90 Å². The number of nitrogens with zero attached hydrogens (tertiary/aromatic N) is 1. The van der Waals surface area contributed by atoms with Crippen LogP contribution in [0.4, 0.5) is 0 Å². The first-order chi connectivity index (χ1) is 8.27. The number of aliphatic hydroxyl groups is 1. The van der Waals surface area contributed by atoms with Gasteiger partial charge in [0.1, 0.15) is 0 Å². The van der Waals surface area contributed by atoms with E-state index in [1.165, 1.54) is 25.3 Å². The van der Waals surface area contributed by atoms with E-state index in [4.69, 9.17) is 4.74 Å². The van der Waals surface area contributed by atoms with Crippen LogP contribution < -0.4 is 0 Å². The van der Waals surface area contributed by atoms with Crippen LogP contribution in [0.3, 0.4) is 0 Å². The summed E-state index contributed by atoms with van der Waals surface area (Å²) >= 11 is 0. The van der Waals surface area contributed by atoms with Gasteiger partial charge in [0.2, 0.25) is 0 Å². The standard InChI is InChI=1S/C13H23NO3/c1-2-17-13(16)8-6-10-14-9-5-3-4-7-12(14)11-15/h6,8,12,15H,2-5,7,9-11H2,1H3/b8-6+. The Morgan fingerprint density at radius 2 is 2.29 bits per heavy atom. The van der Waals surface area contributed by atoms with Gasteiger partial charge in [-0.05, 0) is 26.3 Å². The largest absolute Gasteiger partial charge is 0.463 e. The van der Waals surface area contributed by atoms with E-state index in [9.17, 15) is 9.90 Å².